The minimum Gasteiger partial charge on any atom is -0.512 e. The molecule has 1 aromatic carbocycles. The van der Waals surface area contributed by atoms with Gasteiger partial charge in [0.15, 0.2) is 0 Å². The summed E-state index contributed by atoms with van der Waals surface area (Å²) in [7, 11) is 0. The van der Waals surface area contributed by atoms with Gasteiger partial charge in [0.25, 0.3) is 0 Å². The molecule has 1 aromatic rings. The maximum Gasteiger partial charge on any atom is 0.1000 e. The highest BCUT2D eigenvalue weighted by Crippen LogP contribution is 2.28. The van der Waals surface area contributed by atoms with Gasteiger partial charge in [0.05, 0.1) is 5.76 Å². The van der Waals surface area contributed by atoms with Gasteiger partial charge in [0.1, 0.15) is 0 Å². The van der Waals surface area contributed by atoms with Crippen LogP contribution in [0.1, 0.15) is 17.9 Å². The van der Waals surface area contributed by atoms with Crippen molar-refractivity contribution in [2.24, 2.45) is 0 Å². The first-order chi connectivity index (χ1) is 6.38. The van der Waals surface area contributed by atoms with E-state index in [-0.39, 0.29) is 5.92 Å². The van der Waals surface area contributed by atoms with Crippen LogP contribution in [0.2, 0.25) is 0 Å². The van der Waals surface area contributed by atoms with Gasteiger partial charge in [-0.15, -0.1) is 0 Å². The fourth-order valence-electron chi connectivity index (χ4n) is 1.61. The van der Waals surface area contributed by atoms with E-state index in [0.29, 0.717) is 5.76 Å². The molecule has 0 radical (unpaired) electrons. The second-order valence-corrected chi connectivity index (χ2v) is 3.22. The van der Waals surface area contributed by atoms with Crippen molar-refractivity contribution in [1.82, 2.24) is 0 Å². The summed E-state index contributed by atoms with van der Waals surface area (Å²) in [6.45, 7) is 0. The highest BCUT2D eigenvalue weighted by atomic mass is 16.3. The van der Waals surface area contributed by atoms with Crippen molar-refractivity contribution in [2.45, 2.75) is 12.3 Å². The molecule has 0 amide bonds. The smallest absolute Gasteiger partial charge is 0.1000 e. The first-order valence-electron chi connectivity index (χ1n) is 4.48. The van der Waals surface area contributed by atoms with Gasteiger partial charge in [0.2, 0.25) is 0 Å². The molecule has 1 unspecified atom stereocenters. The van der Waals surface area contributed by atoms with Crippen LogP contribution in [0.15, 0.2) is 54.3 Å². The Balaban J connectivity index is 2.28. The first-order valence-corrected chi connectivity index (χ1v) is 4.48. The zero-order valence-corrected chi connectivity index (χ0v) is 7.35. The number of benzene rings is 1. The average Bonchev–Trinajstić information content (AvgIpc) is 2.20. The van der Waals surface area contributed by atoms with Crippen LogP contribution in [0, 0.1) is 0 Å². The van der Waals surface area contributed by atoms with Crippen molar-refractivity contribution in [3.63, 3.8) is 0 Å². The van der Waals surface area contributed by atoms with Crippen LogP contribution in [0.25, 0.3) is 0 Å². The third-order valence-corrected chi connectivity index (χ3v) is 2.33. The van der Waals surface area contributed by atoms with Crippen molar-refractivity contribution in [2.75, 3.05) is 0 Å². The molecular formula is C12H12O. The van der Waals surface area contributed by atoms with Crippen LogP contribution in [0.5, 0.6) is 0 Å². The Morgan fingerprint density at radius 2 is 1.92 bits per heavy atom. The zero-order chi connectivity index (χ0) is 9.10. The third kappa shape index (κ3) is 1.64. The summed E-state index contributed by atoms with van der Waals surface area (Å²) in [6, 6.07) is 10.1. The lowest BCUT2D eigenvalue weighted by Crippen LogP contribution is -2.03. The number of aliphatic hydroxyl groups excluding tert-OH is 1. The number of hydrogen-bond donors (Lipinski definition) is 1. The second kappa shape index (κ2) is 3.48. The average molecular weight is 172 g/mol. The highest BCUT2D eigenvalue weighted by molar-refractivity contribution is 5.31. The molecule has 2 rings (SSSR count). The van der Waals surface area contributed by atoms with E-state index in [0.717, 1.165) is 6.42 Å². The highest BCUT2D eigenvalue weighted by Gasteiger charge is 2.15. The summed E-state index contributed by atoms with van der Waals surface area (Å²) in [5.41, 5.74) is 1.18. The van der Waals surface area contributed by atoms with Crippen LogP contribution in [0.4, 0.5) is 0 Å². The van der Waals surface area contributed by atoms with Crippen LogP contribution >= 0.6 is 0 Å². The molecule has 0 bridgehead atoms. The molecule has 1 heteroatoms. The van der Waals surface area contributed by atoms with E-state index in [1.807, 2.05) is 36.4 Å². The van der Waals surface area contributed by atoms with Crippen LogP contribution in [-0.2, 0) is 0 Å². The molecule has 1 aliphatic rings. The Labute approximate surface area is 78.0 Å². The zero-order valence-electron chi connectivity index (χ0n) is 7.35. The van der Waals surface area contributed by atoms with Gasteiger partial charge in [-0.25, -0.2) is 0 Å². The summed E-state index contributed by atoms with van der Waals surface area (Å²) < 4.78 is 0. The van der Waals surface area contributed by atoms with E-state index < -0.39 is 0 Å². The quantitative estimate of drug-likeness (QED) is 0.689. The minimum atomic E-state index is 0.159. The summed E-state index contributed by atoms with van der Waals surface area (Å²) in [5.74, 6) is 0.625. The van der Waals surface area contributed by atoms with Crippen LogP contribution < -0.4 is 0 Å². The molecule has 1 atom stereocenters. The predicted octanol–water partition coefficient (Wildman–Crippen LogP) is 3.17. The molecule has 0 saturated carbocycles. The standard InChI is InChI=1S/C12H12O/c13-12-9-5-4-8-11(12)10-6-2-1-3-7-10/h1-7,9,11,13H,8H2. The summed E-state index contributed by atoms with van der Waals surface area (Å²) >= 11 is 0. The predicted molar refractivity (Wildman–Crippen MR) is 53.7 cm³/mol. The van der Waals surface area contributed by atoms with Crippen molar-refractivity contribution < 1.29 is 5.11 Å². The Hall–Kier alpha value is -1.50. The Kier molecular flexibility index (Phi) is 2.17. The fourth-order valence-corrected chi connectivity index (χ4v) is 1.61. The molecule has 1 N–H and O–H groups in total. The van der Waals surface area contributed by atoms with E-state index >= 15 is 0 Å². The molecule has 0 aliphatic heterocycles. The minimum absolute atomic E-state index is 0.159. The van der Waals surface area contributed by atoms with Gasteiger partial charge in [-0.05, 0) is 18.1 Å². The molecule has 1 nitrogen and oxygen atoms in total. The van der Waals surface area contributed by atoms with Crippen molar-refractivity contribution >= 4 is 0 Å². The molecule has 0 heterocycles. The van der Waals surface area contributed by atoms with Gasteiger partial charge in [-0.1, -0.05) is 42.5 Å². The molecule has 0 spiro atoms. The Bertz CT molecular complexity index is 335. The van der Waals surface area contributed by atoms with Crippen molar-refractivity contribution in [3.8, 4) is 0 Å². The van der Waals surface area contributed by atoms with Crippen LogP contribution in [0.3, 0.4) is 0 Å². The van der Waals surface area contributed by atoms with Gasteiger partial charge in [-0.2, -0.15) is 0 Å². The SMILES string of the molecule is OC1=CC=CCC1c1ccccc1. The summed E-state index contributed by atoms with van der Waals surface area (Å²) in [5, 5.41) is 9.63. The maximum atomic E-state index is 9.63. The Morgan fingerprint density at radius 3 is 2.62 bits per heavy atom. The molecular weight excluding hydrogens is 160 g/mol. The maximum absolute atomic E-state index is 9.63. The molecule has 13 heavy (non-hydrogen) atoms. The second-order valence-electron chi connectivity index (χ2n) is 3.22. The summed E-state index contributed by atoms with van der Waals surface area (Å²) in [4.78, 5) is 0. The van der Waals surface area contributed by atoms with E-state index in [2.05, 4.69) is 6.08 Å². The molecule has 1 aliphatic carbocycles. The van der Waals surface area contributed by atoms with E-state index in [9.17, 15) is 5.11 Å². The first kappa shape index (κ1) is 8.11. The third-order valence-electron chi connectivity index (χ3n) is 2.33. The lowest BCUT2D eigenvalue weighted by molar-refractivity contribution is 0.365. The van der Waals surface area contributed by atoms with Crippen LogP contribution in [-0.4, -0.2) is 5.11 Å². The van der Waals surface area contributed by atoms with E-state index in [1.54, 1.807) is 6.08 Å². The topological polar surface area (TPSA) is 20.2 Å². The van der Waals surface area contributed by atoms with Crippen molar-refractivity contribution in [1.29, 1.82) is 0 Å². The number of hydrogen-bond acceptors (Lipinski definition) is 1. The molecule has 0 fully saturated rings. The normalized spacial score (nSPS) is 21.2. The number of allylic oxidation sites excluding steroid dienone is 4. The lowest BCUT2D eigenvalue weighted by atomic mass is 9.91. The monoisotopic (exact) mass is 172 g/mol. The number of aliphatic hydroxyl groups is 1. The van der Waals surface area contributed by atoms with E-state index in [1.165, 1.54) is 5.56 Å². The fraction of sp³-hybridized carbons (Fsp3) is 0.167. The number of rotatable bonds is 1. The van der Waals surface area contributed by atoms with Gasteiger partial charge in [-0.3, -0.25) is 0 Å². The van der Waals surface area contributed by atoms with Crippen molar-refractivity contribution in [3.05, 3.63) is 59.9 Å². The lowest BCUT2D eigenvalue weighted by Gasteiger charge is -2.16. The van der Waals surface area contributed by atoms with Gasteiger partial charge in [0, 0.05) is 5.92 Å². The summed E-state index contributed by atoms with van der Waals surface area (Å²) in [6.07, 6.45) is 6.64. The van der Waals surface area contributed by atoms with Gasteiger partial charge < -0.3 is 5.11 Å². The molecule has 0 saturated heterocycles. The molecule has 66 valence electrons. The van der Waals surface area contributed by atoms with E-state index in [4.69, 9.17) is 0 Å². The van der Waals surface area contributed by atoms with Gasteiger partial charge >= 0.3 is 0 Å². The molecule has 0 aromatic heterocycles. The largest absolute Gasteiger partial charge is 0.512 e. The Morgan fingerprint density at radius 1 is 1.15 bits per heavy atom.